The third kappa shape index (κ3) is 4.28. The number of thiophene rings is 1. The highest BCUT2D eigenvalue weighted by Gasteiger charge is 2.12. The molecule has 1 aliphatic rings. The minimum absolute atomic E-state index is 0.180. The van der Waals surface area contributed by atoms with E-state index in [9.17, 15) is 0 Å². The molecule has 1 fully saturated rings. The first kappa shape index (κ1) is 16.8. The van der Waals surface area contributed by atoms with Crippen molar-refractivity contribution in [2.45, 2.75) is 0 Å². The molecule has 1 saturated heterocycles. The zero-order valence-electron chi connectivity index (χ0n) is 11.9. The van der Waals surface area contributed by atoms with E-state index in [2.05, 4.69) is 26.5 Å². The third-order valence-corrected chi connectivity index (χ3v) is 5.23. The highest BCUT2D eigenvalue weighted by molar-refractivity contribution is 7.17. The maximum atomic E-state index is 6.03. The van der Waals surface area contributed by atoms with Crippen LogP contribution in [-0.2, 0) is 4.74 Å². The SMILES string of the molecule is Clc1cc(Cl)c(N/N=C\c2ccc(N3CCOCC3)s2)nc1Cl. The van der Waals surface area contributed by atoms with E-state index in [-0.39, 0.29) is 5.15 Å². The number of hydrogen-bond acceptors (Lipinski definition) is 6. The summed E-state index contributed by atoms with van der Waals surface area (Å²) in [6.07, 6.45) is 1.72. The quantitative estimate of drug-likeness (QED) is 0.477. The molecule has 0 unspecified atom stereocenters. The van der Waals surface area contributed by atoms with Crippen molar-refractivity contribution >= 4 is 63.2 Å². The molecular formula is C14H13Cl3N4OS. The van der Waals surface area contributed by atoms with Gasteiger partial charge in [-0.25, -0.2) is 4.98 Å². The summed E-state index contributed by atoms with van der Waals surface area (Å²) < 4.78 is 5.36. The summed E-state index contributed by atoms with van der Waals surface area (Å²) in [6.45, 7) is 3.37. The van der Waals surface area contributed by atoms with Gasteiger partial charge in [0.25, 0.3) is 0 Å². The minimum Gasteiger partial charge on any atom is -0.378 e. The molecule has 3 rings (SSSR count). The highest BCUT2D eigenvalue weighted by Crippen LogP contribution is 2.29. The van der Waals surface area contributed by atoms with Gasteiger partial charge in [0.2, 0.25) is 0 Å². The molecule has 2 aromatic heterocycles. The van der Waals surface area contributed by atoms with Crippen LogP contribution in [0.5, 0.6) is 0 Å². The molecule has 5 nitrogen and oxygen atoms in total. The Kier molecular flexibility index (Phi) is 5.61. The van der Waals surface area contributed by atoms with Gasteiger partial charge in [0.1, 0.15) is 5.15 Å². The van der Waals surface area contributed by atoms with Crippen LogP contribution in [0.1, 0.15) is 4.88 Å². The number of pyridine rings is 1. The van der Waals surface area contributed by atoms with Gasteiger partial charge in [-0.3, -0.25) is 5.43 Å². The lowest BCUT2D eigenvalue weighted by atomic mass is 10.4. The Morgan fingerprint density at radius 1 is 1.22 bits per heavy atom. The molecule has 0 spiro atoms. The second-order valence-corrected chi connectivity index (χ2v) is 7.00. The molecule has 0 saturated carbocycles. The van der Waals surface area contributed by atoms with Crippen LogP contribution in [0.4, 0.5) is 10.8 Å². The molecule has 3 heterocycles. The van der Waals surface area contributed by atoms with Crippen LogP contribution in [0.2, 0.25) is 15.2 Å². The number of anilines is 2. The van der Waals surface area contributed by atoms with E-state index in [0.717, 1.165) is 31.2 Å². The molecule has 2 aromatic rings. The fourth-order valence-corrected chi connectivity index (χ4v) is 3.52. The minimum atomic E-state index is 0.180. The zero-order chi connectivity index (χ0) is 16.2. The lowest BCUT2D eigenvalue weighted by molar-refractivity contribution is 0.123. The fraction of sp³-hybridized carbons (Fsp3) is 0.286. The molecule has 1 N–H and O–H groups in total. The van der Waals surface area contributed by atoms with Gasteiger partial charge < -0.3 is 9.64 Å². The molecule has 9 heteroatoms. The summed E-state index contributed by atoms with van der Waals surface area (Å²) in [4.78, 5) is 7.37. The first-order chi connectivity index (χ1) is 11.1. The van der Waals surface area contributed by atoms with Gasteiger partial charge in [-0.15, -0.1) is 11.3 Å². The van der Waals surface area contributed by atoms with Crippen molar-refractivity contribution in [1.29, 1.82) is 0 Å². The van der Waals surface area contributed by atoms with Gasteiger partial charge in [0.05, 0.1) is 34.5 Å². The van der Waals surface area contributed by atoms with Crippen LogP contribution in [-0.4, -0.2) is 37.5 Å². The van der Waals surface area contributed by atoms with Crippen LogP contribution in [0.3, 0.4) is 0 Å². The Morgan fingerprint density at radius 2 is 2.00 bits per heavy atom. The largest absolute Gasteiger partial charge is 0.378 e. The summed E-state index contributed by atoms with van der Waals surface area (Å²) in [5, 5.41) is 6.20. The highest BCUT2D eigenvalue weighted by atomic mass is 35.5. The van der Waals surface area contributed by atoms with Crippen molar-refractivity contribution in [2.24, 2.45) is 5.10 Å². The number of hydrogen-bond donors (Lipinski definition) is 1. The zero-order valence-corrected chi connectivity index (χ0v) is 15.0. The Balaban J connectivity index is 1.64. The normalized spacial score (nSPS) is 15.3. The first-order valence-corrected chi connectivity index (χ1v) is 8.81. The van der Waals surface area contributed by atoms with E-state index < -0.39 is 0 Å². The van der Waals surface area contributed by atoms with Crippen LogP contribution in [0.25, 0.3) is 0 Å². The summed E-state index contributed by atoms with van der Waals surface area (Å²) in [6, 6.07) is 5.63. The van der Waals surface area contributed by atoms with Gasteiger partial charge in [0, 0.05) is 18.0 Å². The van der Waals surface area contributed by atoms with Gasteiger partial charge in [-0.2, -0.15) is 5.10 Å². The topological polar surface area (TPSA) is 49.8 Å². The molecule has 0 aliphatic carbocycles. The van der Waals surface area contributed by atoms with Crippen LogP contribution in [0.15, 0.2) is 23.3 Å². The lowest BCUT2D eigenvalue weighted by Crippen LogP contribution is -2.35. The second-order valence-electron chi connectivity index (χ2n) is 4.74. The van der Waals surface area contributed by atoms with Gasteiger partial charge in [0.15, 0.2) is 5.82 Å². The smallest absolute Gasteiger partial charge is 0.166 e. The summed E-state index contributed by atoms with van der Waals surface area (Å²) in [7, 11) is 0. The number of nitrogens with one attached hydrogen (secondary N) is 1. The Morgan fingerprint density at radius 3 is 2.78 bits per heavy atom. The van der Waals surface area contributed by atoms with Crippen molar-refractivity contribution in [3.05, 3.63) is 38.3 Å². The summed E-state index contributed by atoms with van der Waals surface area (Å²) in [5.41, 5.74) is 2.77. The fourth-order valence-electron chi connectivity index (χ4n) is 2.04. The van der Waals surface area contributed by atoms with Crippen LogP contribution >= 0.6 is 46.1 Å². The number of ether oxygens (including phenoxy) is 1. The standard InChI is InChI=1S/C14H13Cl3N4OS/c15-10-7-11(16)14(19-13(10)17)20-18-8-9-1-2-12(23-9)21-3-5-22-6-4-21/h1-2,7-8H,3-6H2,(H,19,20)/b18-8-. The van der Waals surface area contributed by atoms with E-state index in [4.69, 9.17) is 39.5 Å². The van der Waals surface area contributed by atoms with Crippen molar-refractivity contribution in [1.82, 2.24) is 4.98 Å². The molecule has 23 heavy (non-hydrogen) atoms. The number of nitrogens with zero attached hydrogens (tertiary/aromatic N) is 3. The summed E-state index contributed by atoms with van der Waals surface area (Å²) in [5.74, 6) is 0.363. The van der Waals surface area contributed by atoms with E-state index in [1.54, 1.807) is 17.6 Å². The van der Waals surface area contributed by atoms with E-state index in [1.807, 2.05) is 6.07 Å². The third-order valence-electron chi connectivity index (χ3n) is 3.18. The average Bonchev–Trinajstić information content (AvgIpc) is 3.02. The van der Waals surface area contributed by atoms with Gasteiger partial charge >= 0.3 is 0 Å². The molecule has 0 radical (unpaired) electrons. The second kappa shape index (κ2) is 7.68. The van der Waals surface area contributed by atoms with E-state index >= 15 is 0 Å². The maximum absolute atomic E-state index is 6.03. The monoisotopic (exact) mass is 390 g/mol. The molecule has 122 valence electrons. The first-order valence-electron chi connectivity index (χ1n) is 6.86. The van der Waals surface area contributed by atoms with Crippen molar-refractivity contribution < 1.29 is 4.74 Å². The molecule has 1 aliphatic heterocycles. The predicted molar refractivity (Wildman–Crippen MR) is 97.8 cm³/mol. The van der Waals surface area contributed by atoms with Gasteiger partial charge in [-0.1, -0.05) is 34.8 Å². The number of aromatic nitrogens is 1. The molecule has 0 aromatic carbocycles. The van der Waals surface area contributed by atoms with Crippen molar-refractivity contribution in [3.63, 3.8) is 0 Å². The van der Waals surface area contributed by atoms with Crippen LogP contribution in [0, 0.1) is 0 Å². The molecule has 0 bridgehead atoms. The molecule has 0 atom stereocenters. The number of halogens is 3. The average molecular weight is 392 g/mol. The maximum Gasteiger partial charge on any atom is 0.166 e. The Hall–Kier alpha value is -1.05. The molecular weight excluding hydrogens is 379 g/mol. The van der Waals surface area contributed by atoms with E-state index in [0.29, 0.717) is 15.9 Å². The van der Waals surface area contributed by atoms with Crippen molar-refractivity contribution in [2.75, 3.05) is 36.6 Å². The summed E-state index contributed by atoms with van der Waals surface area (Å²) >= 11 is 19.4. The Labute approximate surface area is 152 Å². The number of rotatable bonds is 4. The lowest BCUT2D eigenvalue weighted by Gasteiger charge is -2.27. The van der Waals surface area contributed by atoms with Crippen molar-refractivity contribution in [3.8, 4) is 0 Å². The Bertz CT molecular complexity index is 716. The predicted octanol–water partition coefficient (Wildman–Crippen LogP) is 4.39. The number of hydrazone groups is 1. The number of morpholine rings is 1. The van der Waals surface area contributed by atoms with Gasteiger partial charge in [-0.05, 0) is 18.2 Å². The molecule has 0 amide bonds. The van der Waals surface area contributed by atoms with E-state index in [1.165, 1.54) is 11.1 Å². The van der Waals surface area contributed by atoms with Crippen LogP contribution < -0.4 is 10.3 Å².